The number of cyclic esters (lactones) is 1. The van der Waals surface area contributed by atoms with Crippen molar-refractivity contribution in [3.05, 3.63) is 83.6 Å². The lowest BCUT2D eigenvalue weighted by Crippen LogP contribution is -2.01. The molecule has 0 aliphatic carbocycles. The van der Waals surface area contributed by atoms with Crippen LogP contribution >= 0.6 is 0 Å². The van der Waals surface area contributed by atoms with Crippen molar-refractivity contribution in [2.24, 2.45) is 4.99 Å². The molecule has 1 aliphatic heterocycles. The summed E-state index contributed by atoms with van der Waals surface area (Å²) in [7, 11) is 0. The Bertz CT molecular complexity index is 728. The molecule has 0 N–H and O–H groups in total. The summed E-state index contributed by atoms with van der Waals surface area (Å²) in [6, 6.07) is 19.3. The quantitative estimate of drug-likeness (QED) is 0.633. The second-order valence-corrected chi connectivity index (χ2v) is 4.52. The van der Waals surface area contributed by atoms with Gasteiger partial charge in [0.25, 0.3) is 0 Å². The number of hydrogen-bond donors (Lipinski definition) is 0. The van der Waals surface area contributed by atoms with E-state index in [0.29, 0.717) is 11.6 Å². The number of benzene rings is 2. The fourth-order valence-electron chi connectivity index (χ4n) is 1.94. The Labute approximate surface area is 122 Å². The summed E-state index contributed by atoms with van der Waals surface area (Å²) in [5.74, 6) is -0.113. The highest BCUT2D eigenvalue weighted by atomic mass is 16.6. The van der Waals surface area contributed by atoms with Crippen LogP contribution in [0.4, 0.5) is 0 Å². The first-order valence-electron chi connectivity index (χ1n) is 6.62. The highest BCUT2D eigenvalue weighted by Gasteiger charge is 2.20. The maximum atomic E-state index is 11.8. The molecule has 0 saturated heterocycles. The molecule has 1 aliphatic rings. The Kier molecular flexibility index (Phi) is 3.74. The van der Waals surface area contributed by atoms with Crippen LogP contribution in [0.3, 0.4) is 0 Å². The summed E-state index contributed by atoms with van der Waals surface area (Å²) in [6.45, 7) is 0. The van der Waals surface area contributed by atoms with Gasteiger partial charge in [-0.15, -0.1) is 0 Å². The van der Waals surface area contributed by atoms with Crippen LogP contribution in [-0.4, -0.2) is 11.9 Å². The number of rotatable bonds is 3. The van der Waals surface area contributed by atoms with Gasteiger partial charge in [0, 0.05) is 6.08 Å². The molecule has 0 aromatic heterocycles. The lowest BCUT2D eigenvalue weighted by molar-refractivity contribution is -0.129. The predicted molar refractivity (Wildman–Crippen MR) is 83.4 cm³/mol. The van der Waals surface area contributed by atoms with Crippen LogP contribution in [0.2, 0.25) is 0 Å². The second kappa shape index (κ2) is 6.01. The van der Waals surface area contributed by atoms with E-state index in [2.05, 4.69) is 4.99 Å². The molecule has 21 heavy (non-hydrogen) atoms. The van der Waals surface area contributed by atoms with Gasteiger partial charge in [0.15, 0.2) is 5.70 Å². The molecular weight excluding hydrogens is 262 g/mol. The van der Waals surface area contributed by atoms with E-state index in [9.17, 15) is 4.79 Å². The number of hydrogen-bond acceptors (Lipinski definition) is 3. The zero-order valence-electron chi connectivity index (χ0n) is 11.3. The molecule has 2 aromatic carbocycles. The maximum Gasteiger partial charge on any atom is 0.363 e. The predicted octanol–water partition coefficient (Wildman–Crippen LogP) is 3.70. The van der Waals surface area contributed by atoms with Crippen molar-refractivity contribution in [2.45, 2.75) is 0 Å². The molecule has 3 nitrogen and oxygen atoms in total. The number of ether oxygens (including phenoxy) is 1. The van der Waals surface area contributed by atoms with E-state index >= 15 is 0 Å². The van der Waals surface area contributed by atoms with Gasteiger partial charge in [0.1, 0.15) is 0 Å². The minimum Gasteiger partial charge on any atom is -0.403 e. The molecule has 2 aromatic rings. The van der Waals surface area contributed by atoms with Gasteiger partial charge < -0.3 is 4.74 Å². The third-order valence-corrected chi connectivity index (χ3v) is 2.96. The Morgan fingerprint density at radius 1 is 0.810 bits per heavy atom. The SMILES string of the molecule is O=C1OC(/C=C\c2ccccc2)=NC/1=C\c1ccccc1. The molecule has 0 spiro atoms. The van der Waals surface area contributed by atoms with Crippen LogP contribution in [0.25, 0.3) is 12.2 Å². The molecule has 0 bridgehead atoms. The Hall–Kier alpha value is -2.94. The van der Waals surface area contributed by atoms with Crippen LogP contribution in [0.5, 0.6) is 0 Å². The summed E-state index contributed by atoms with van der Waals surface area (Å²) in [6.07, 6.45) is 5.27. The monoisotopic (exact) mass is 275 g/mol. The highest BCUT2D eigenvalue weighted by molar-refractivity contribution is 6.11. The van der Waals surface area contributed by atoms with Crippen molar-refractivity contribution in [3.8, 4) is 0 Å². The summed E-state index contributed by atoms with van der Waals surface area (Å²) in [4.78, 5) is 16.0. The van der Waals surface area contributed by atoms with Gasteiger partial charge >= 0.3 is 5.97 Å². The average molecular weight is 275 g/mol. The van der Waals surface area contributed by atoms with Crippen LogP contribution in [0.15, 0.2) is 77.4 Å². The largest absolute Gasteiger partial charge is 0.403 e. The van der Waals surface area contributed by atoms with Gasteiger partial charge in [0.2, 0.25) is 5.90 Å². The lowest BCUT2D eigenvalue weighted by atomic mass is 10.2. The van der Waals surface area contributed by atoms with E-state index < -0.39 is 5.97 Å². The van der Waals surface area contributed by atoms with E-state index in [4.69, 9.17) is 4.74 Å². The fraction of sp³-hybridized carbons (Fsp3) is 0. The normalized spacial score (nSPS) is 16.3. The van der Waals surface area contributed by atoms with E-state index in [1.165, 1.54) is 0 Å². The number of nitrogens with zero attached hydrogens (tertiary/aromatic N) is 1. The smallest absolute Gasteiger partial charge is 0.363 e. The molecule has 3 heteroatoms. The van der Waals surface area contributed by atoms with Gasteiger partial charge in [-0.2, -0.15) is 0 Å². The number of carbonyl (C=O) groups is 1. The summed E-state index contributed by atoms with van der Waals surface area (Å²) in [5.41, 5.74) is 2.26. The van der Waals surface area contributed by atoms with Crippen molar-refractivity contribution in [1.82, 2.24) is 0 Å². The molecule has 102 valence electrons. The fourth-order valence-corrected chi connectivity index (χ4v) is 1.94. The zero-order chi connectivity index (χ0) is 14.5. The van der Waals surface area contributed by atoms with Crippen LogP contribution in [0, 0.1) is 0 Å². The van der Waals surface area contributed by atoms with E-state index in [0.717, 1.165) is 11.1 Å². The van der Waals surface area contributed by atoms with E-state index in [-0.39, 0.29) is 0 Å². The van der Waals surface area contributed by atoms with Gasteiger partial charge in [0.05, 0.1) is 0 Å². The number of aliphatic imine (C=N–C) groups is 1. The summed E-state index contributed by atoms with van der Waals surface area (Å²) < 4.78 is 5.12. The van der Waals surface area contributed by atoms with Crippen molar-refractivity contribution in [1.29, 1.82) is 0 Å². The van der Waals surface area contributed by atoms with Crippen molar-refractivity contribution >= 4 is 24.0 Å². The first-order valence-corrected chi connectivity index (χ1v) is 6.62. The van der Waals surface area contributed by atoms with Crippen LogP contribution in [-0.2, 0) is 9.53 Å². The average Bonchev–Trinajstić information content (AvgIpc) is 2.87. The molecule has 0 amide bonds. The summed E-state index contributed by atoms with van der Waals surface area (Å²) in [5, 5.41) is 0. The Morgan fingerprint density at radius 3 is 2.10 bits per heavy atom. The molecule has 0 atom stereocenters. The van der Waals surface area contributed by atoms with Gasteiger partial charge in [-0.25, -0.2) is 9.79 Å². The first kappa shape index (κ1) is 13.1. The molecule has 1 heterocycles. The minimum atomic E-state index is -0.424. The second-order valence-electron chi connectivity index (χ2n) is 4.52. The van der Waals surface area contributed by atoms with Gasteiger partial charge in [-0.05, 0) is 23.3 Å². The molecule has 0 radical (unpaired) electrons. The minimum absolute atomic E-state index is 0.311. The van der Waals surface area contributed by atoms with Crippen molar-refractivity contribution < 1.29 is 9.53 Å². The maximum absolute atomic E-state index is 11.8. The van der Waals surface area contributed by atoms with E-state index in [1.807, 2.05) is 66.7 Å². The first-order chi connectivity index (χ1) is 10.3. The van der Waals surface area contributed by atoms with Gasteiger partial charge in [-0.1, -0.05) is 60.7 Å². The molecule has 3 rings (SSSR count). The highest BCUT2D eigenvalue weighted by Crippen LogP contribution is 2.16. The van der Waals surface area contributed by atoms with Gasteiger partial charge in [-0.3, -0.25) is 0 Å². The third kappa shape index (κ3) is 3.34. The van der Waals surface area contributed by atoms with Crippen LogP contribution in [0.1, 0.15) is 11.1 Å². The molecule has 0 fully saturated rings. The number of carbonyl (C=O) groups excluding carboxylic acids is 1. The standard InChI is InChI=1S/C18H13NO2/c20-18-16(13-15-9-5-2-6-10-15)19-17(21-18)12-11-14-7-3-1-4-8-14/h1-13H/b12-11-,16-13-. The topological polar surface area (TPSA) is 38.7 Å². The number of esters is 1. The van der Waals surface area contributed by atoms with Crippen molar-refractivity contribution in [3.63, 3.8) is 0 Å². The molecular formula is C18H13NO2. The Morgan fingerprint density at radius 2 is 1.43 bits per heavy atom. The van der Waals surface area contributed by atoms with Crippen LogP contribution < -0.4 is 0 Å². The third-order valence-electron chi connectivity index (χ3n) is 2.96. The Balaban J connectivity index is 1.80. The zero-order valence-corrected chi connectivity index (χ0v) is 11.3. The lowest BCUT2D eigenvalue weighted by Gasteiger charge is -1.93. The van der Waals surface area contributed by atoms with E-state index in [1.54, 1.807) is 12.2 Å². The molecule has 0 saturated carbocycles. The van der Waals surface area contributed by atoms with Crippen molar-refractivity contribution in [2.75, 3.05) is 0 Å². The molecule has 0 unspecified atom stereocenters. The summed E-state index contributed by atoms with van der Waals surface area (Å²) >= 11 is 0.